The summed E-state index contributed by atoms with van der Waals surface area (Å²) in [6, 6.07) is 0. The Hall–Kier alpha value is -0.160. The van der Waals surface area contributed by atoms with Crippen molar-refractivity contribution in [1.82, 2.24) is 9.80 Å². The van der Waals surface area contributed by atoms with Crippen LogP contribution in [0.4, 0.5) is 0 Å². The predicted molar refractivity (Wildman–Crippen MR) is 88.6 cm³/mol. The normalized spacial score (nSPS) is 32.4. The van der Waals surface area contributed by atoms with E-state index in [0.717, 1.165) is 39.0 Å². The SMILES string of the molecule is CCCC1CC(CN)(N(C)CC2(N(C)C)CCC2)CCO1. The number of nitrogens with two attached hydrogens (primary N) is 1. The lowest BCUT2D eigenvalue weighted by Gasteiger charge is -2.54. The molecule has 0 aromatic heterocycles. The Morgan fingerprint density at radius 1 is 1.14 bits per heavy atom. The molecule has 0 amide bonds. The van der Waals surface area contributed by atoms with Crippen molar-refractivity contribution in [3.63, 3.8) is 0 Å². The summed E-state index contributed by atoms with van der Waals surface area (Å²) in [6.45, 7) is 4.98. The van der Waals surface area contributed by atoms with Crippen molar-refractivity contribution in [3.05, 3.63) is 0 Å². The van der Waals surface area contributed by atoms with E-state index < -0.39 is 0 Å². The van der Waals surface area contributed by atoms with Crippen molar-refractivity contribution in [3.8, 4) is 0 Å². The first-order valence-corrected chi connectivity index (χ1v) is 8.68. The number of rotatable bonds is 7. The van der Waals surface area contributed by atoms with Crippen LogP contribution in [-0.2, 0) is 4.74 Å². The predicted octanol–water partition coefficient (Wildman–Crippen LogP) is 2.08. The van der Waals surface area contributed by atoms with Crippen LogP contribution in [0.3, 0.4) is 0 Å². The molecule has 1 saturated heterocycles. The van der Waals surface area contributed by atoms with E-state index in [1.807, 2.05) is 0 Å². The van der Waals surface area contributed by atoms with Crippen LogP contribution in [0.1, 0.15) is 51.9 Å². The molecule has 2 fully saturated rings. The maximum Gasteiger partial charge on any atom is 0.0593 e. The summed E-state index contributed by atoms with van der Waals surface area (Å²) in [4.78, 5) is 5.00. The molecule has 0 radical (unpaired) electrons. The minimum atomic E-state index is 0.136. The molecule has 21 heavy (non-hydrogen) atoms. The number of ether oxygens (including phenoxy) is 1. The van der Waals surface area contributed by atoms with E-state index in [2.05, 4.69) is 37.9 Å². The first kappa shape index (κ1) is 17.2. The zero-order valence-electron chi connectivity index (χ0n) is 14.5. The van der Waals surface area contributed by atoms with Gasteiger partial charge in [-0.1, -0.05) is 13.3 Å². The summed E-state index contributed by atoms with van der Waals surface area (Å²) in [5.41, 5.74) is 6.75. The second-order valence-electron chi connectivity index (χ2n) is 7.49. The fourth-order valence-electron chi connectivity index (χ4n) is 4.14. The molecule has 1 heterocycles. The van der Waals surface area contributed by atoms with Crippen LogP contribution in [-0.4, -0.2) is 67.8 Å². The fourth-order valence-corrected chi connectivity index (χ4v) is 4.14. The van der Waals surface area contributed by atoms with Crippen molar-refractivity contribution < 1.29 is 4.74 Å². The molecule has 2 rings (SSSR count). The van der Waals surface area contributed by atoms with Gasteiger partial charge in [-0.2, -0.15) is 0 Å². The summed E-state index contributed by atoms with van der Waals surface area (Å²) in [5.74, 6) is 0. The van der Waals surface area contributed by atoms with Gasteiger partial charge in [0.05, 0.1) is 6.10 Å². The molecule has 0 aromatic carbocycles. The third kappa shape index (κ3) is 3.44. The highest BCUT2D eigenvalue weighted by molar-refractivity contribution is 5.03. The third-order valence-electron chi connectivity index (χ3n) is 6.09. The first-order chi connectivity index (χ1) is 9.98. The van der Waals surface area contributed by atoms with Crippen LogP contribution < -0.4 is 5.73 Å². The molecule has 2 unspecified atom stereocenters. The van der Waals surface area contributed by atoms with Gasteiger partial charge >= 0.3 is 0 Å². The van der Waals surface area contributed by atoms with Gasteiger partial charge < -0.3 is 15.4 Å². The van der Waals surface area contributed by atoms with Crippen LogP contribution in [0.2, 0.25) is 0 Å². The third-order valence-corrected chi connectivity index (χ3v) is 6.09. The smallest absolute Gasteiger partial charge is 0.0593 e. The van der Waals surface area contributed by atoms with Gasteiger partial charge in [-0.05, 0) is 59.7 Å². The van der Waals surface area contributed by atoms with Gasteiger partial charge in [0, 0.05) is 30.8 Å². The summed E-state index contributed by atoms with van der Waals surface area (Å²) < 4.78 is 5.95. The minimum absolute atomic E-state index is 0.136. The molecular formula is C17H35N3O. The lowest BCUT2D eigenvalue weighted by atomic mass is 9.73. The minimum Gasteiger partial charge on any atom is -0.378 e. The molecule has 0 spiro atoms. The molecule has 4 heteroatoms. The highest BCUT2D eigenvalue weighted by Gasteiger charge is 2.45. The zero-order valence-corrected chi connectivity index (χ0v) is 14.5. The van der Waals surface area contributed by atoms with Gasteiger partial charge in [-0.15, -0.1) is 0 Å². The van der Waals surface area contributed by atoms with Crippen molar-refractivity contribution in [2.24, 2.45) is 5.73 Å². The Balaban J connectivity index is 2.04. The number of nitrogens with zero attached hydrogens (tertiary/aromatic N) is 2. The maximum atomic E-state index is 6.24. The van der Waals surface area contributed by atoms with Crippen LogP contribution in [0.5, 0.6) is 0 Å². The monoisotopic (exact) mass is 297 g/mol. The van der Waals surface area contributed by atoms with Gasteiger partial charge in [0.15, 0.2) is 0 Å². The van der Waals surface area contributed by atoms with Crippen LogP contribution in [0.25, 0.3) is 0 Å². The van der Waals surface area contributed by atoms with Crippen LogP contribution in [0.15, 0.2) is 0 Å². The van der Waals surface area contributed by atoms with Gasteiger partial charge in [0.2, 0.25) is 0 Å². The molecule has 1 saturated carbocycles. The number of likely N-dealkylation sites (N-methyl/N-ethyl adjacent to an activating group) is 2. The van der Waals surface area contributed by atoms with E-state index in [0.29, 0.717) is 11.6 Å². The molecule has 2 aliphatic rings. The molecule has 0 bridgehead atoms. The lowest BCUT2D eigenvalue weighted by molar-refractivity contribution is -0.0857. The average molecular weight is 297 g/mol. The van der Waals surface area contributed by atoms with E-state index in [1.54, 1.807) is 0 Å². The van der Waals surface area contributed by atoms with Crippen molar-refractivity contribution in [1.29, 1.82) is 0 Å². The highest BCUT2D eigenvalue weighted by atomic mass is 16.5. The quantitative estimate of drug-likeness (QED) is 0.781. The molecule has 1 aliphatic heterocycles. The van der Waals surface area contributed by atoms with E-state index in [-0.39, 0.29) is 5.54 Å². The Labute approximate surface area is 131 Å². The Kier molecular flexibility index (Phi) is 5.69. The van der Waals surface area contributed by atoms with Crippen molar-refractivity contribution in [2.45, 2.75) is 69.1 Å². The van der Waals surface area contributed by atoms with Gasteiger partial charge in [-0.3, -0.25) is 4.90 Å². The average Bonchev–Trinajstić information content (AvgIpc) is 2.42. The standard InChI is InChI=1S/C17H35N3O/c1-5-7-15-12-17(13-18,10-11-21-15)20(4)14-16(19(2)3)8-6-9-16/h15H,5-14,18H2,1-4H3. The van der Waals surface area contributed by atoms with Crippen LogP contribution >= 0.6 is 0 Å². The van der Waals surface area contributed by atoms with Gasteiger partial charge in [-0.25, -0.2) is 0 Å². The molecule has 4 nitrogen and oxygen atoms in total. The van der Waals surface area contributed by atoms with E-state index in [1.165, 1.54) is 25.7 Å². The molecule has 2 atom stereocenters. The van der Waals surface area contributed by atoms with Crippen molar-refractivity contribution in [2.75, 3.05) is 40.8 Å². The summed E-state index contributed by atoms with van der Waals surface area (Å²) in [6.07, 6.45) is 8.92. The lowest BCUT2D eigenvalue weighted by Crippen LogP contribution is -2.64. The van der Waals surface area contributed by atoms with Gasteiger partial charge in [0.25, 0.3) is 0 Å². The molecule has 2 N–H and O–H groups in total. The number of hydrogen-bond donors (Lipinski definition) is 1. The second kappa shape index (κ2) is 6.95. The second-order valence-corrected chi connectivity index (χ2v) is 7.49. The molecule has 1 aliphatic carbocycles. The van der Waals surface area contributed by atoms with E-state index >= 15 is 0 Å². The number of hydrogen-bond acceptors (Lipinski definition) is 4. The summed E-state index contributed by atoms with van der Waals surface area (Å²) in [5, 5.41) is 0. The maximum absolute atomic E-state index is 6.24. The van der Waals surface area contributed by atoms with Gasteiger partial charge in [0.1, 0.15) is 0 Å². The summed E-state index contributed by atoms with van der Waals surface area (Å²) >= 11 is 0. The Bertz CT molecular complexity index is 328. The summed E-state index contributed by atoms with van der Waals surface area (Å²) in [7, 11) is 6.74. The van der Waals surface area contributed by atoms with E-state index in [4.69, 9.17) is 10.5 Å². The Morgan fingerprint density at radius 3 is 2.33 bits per heavy atom. The first-order valence-electron chi connectivity index (χ1n) is 8.68. The fraction of sp³-hybridized carbons (Fsp3) is 1.00. The topological polar surface area (TPSA) is 41.7 Å². The molecule has 0 aromatic rings. The zero-order chi connectivity index (χ0) is 15.5. The molecular weight excluding hydrogens is 262 g/mol. The van der Waals surface area contributed by atoms with Crippen molar-refractivity contribution >= 4 is 0 Å². The van der Waals surface area contributed by atoms with Crippen LogP contribution in [0, 0.1) is 0 Å². The molecule has 124 valence electrons. The highest BCUT2D eigenvalue weighted by Crippen LogP contribution is 2.39. The van der Waals surface area contributed by atoms with E-state index in [9.17, 15) is 0 Å². The largest absolute Gasteiger partial charge is 0.378 e. The Morgan fingerprint density at radius 2 is 1.86 bits per heavy atom.